The molecule has 2 aromatic carbocycles. The number of aliphatic hydroxyl groups is 1. The third kappa shape index (κ3) is 4.93. The van der Waals surface area contributed by atoms with Gasteiger partial charge in [-0.3, -0.25) is 4.79 Å². The third-order valence-electron chi connectivity index (χ3n) is 4.89. The van der Waals surface area contributed by atoms with Gasteiger partial charge in [0, 0.05) is 31.2 Å². The molecule has 1 fully saturated rings. The SMILES string of the molecule is CC(C)(O)CCc1ccc(C(=O)N2CCN[C@H](c3ccccc3)C2)cc1. The lowest BCUT2D eigenvalue weighted by Crippen LogP contribution is -2.48. The summed E-state index contributed by atoms with van der Waals surface area (Å²) in [5.41, 5.74) is 2.42. The molecule has 0 unspecified atom stereocenters. The van der Waals surface area contributed by atoms with Crippen molar-refractivity contribution in [2.24, 2.45) is 0 Å². The second-order valence-corrected chi connectivity index (χ2v) is 7.68. The van der Waals surface area contributed by atoms with E-state index in [2.05, 4.69) is 17.4 Å². The van der Waals surface area contributed by atoms with Gasteiger partial charge in [0.1, 0.15) is 0 Å². The number of rotatable bonds is 5. The Labute approximate surface area is 155 Å². The van der Waals surface area contributed by atoms with Crippen LogP contribution in [0.3, 0.4) is 0 Å². The van der Waals surface area contributed by atoms with Crippen LogP contribution in [-0.2, 0) is 6.42 Å². The number of hydrogen-bond donors (Lipinski definition) is 2. The van der Waals surface area contributed by atoms with Crippen LogP contribution >= 0.6 is 0 Å². The van der Waals surface area contributed by atoms with Crippen molar-refractivity contribution in [3.8, 4) is 0 Å². The van der Waals surface area contributed by atoms with Crippen LogP contribution in [0.15, 0.2) is 54.6 Å². The zero-order valence-corrected chi connectivity index (χ0v) is 15.6. The number of nitrogens with one attached hydrogen (secondary N) is 1. The van der Waals surface area contributed by atoms with Crippen molar-refractivity contribution in [2.45, 2.75) is 38.3 Å². The molecule has 138 valence electrons. The highest BCUT2D eigenvalue weighted by molar-refractivity contribution is 5.94. The second-order valence-electron chi connectivity index (χ2n) is 7.68. The second kappa shape index (κ2) is 8.02. The van der Waals surface area contributed by atoms with Gasteiger partial charge < -0.3 is 15.3 Å². The Morgan fingerprint density at radius 3 is 2.50 bits per heavy atom. The highest BCUT2D eigenvalue weighted by Gasteiger charge is 2.25. The van der Waals surface area contributed by atoms with Crippen LogP contribution in [0.1, 0.15) is 47.8 Å². The van der Waals surface area contributed by atoms with Crippen LogP contribution in [0.2, 0.25) is 0 Å². The molecule has 0 saturated carbocycles. The molecular weight excluding hydrogens is 324 g/mol. The molecule has 1 aliphatic heterocycles. The summed E-state index contributed by atoms with van der Waals surface area (Å²) in [6.45, 7) is 5.85. The van der Waals surface area contributed by atoms with E-state index in [4.69, 9.17) is 0 Å². The minimum absolute atomic E-state index is 0.0847. The summed E-state index contributed by atoms with van der Waals surface area (Å²) in [7, 11) is 0. The van der Waals surface area contributed by atoms with Crippen molar-refractivity contribution in [3.05, 3.63) is 71.3 Å². The topological polar surface area (TPSA) is 52.6 Å². The van der Waals surface area contributed by atoms with Crippen molar-refractivity contribution in [1.29, 1.82) is 0 Å². The molecule has 0 radical (unpaired) electrons. The molecule has 1 heterocycles. The highest BCUT2D eigenvalue weighted by atomic mass is 16.3. The van der Waals surface area contributed by atoms with Crippen molar-refractivity contribution < 1.29 is 9.90 Å². The summed E-state index contributed by atoms with van der Waals surface area (Å²) in [4.78, 5) is 14.8. The molecular formula is C22H28N2O2. The fourth-order valence-electron chi connectivity index (χ4n) is 3.29. The third-order valence-corrected chi connectivity index (χ3v) is 4.89. The predicted molar refractivity (Wildman–Crippen MR) is 104 cm³/mol. The molecule has 2 aromatic rings. The van der Waals surface area contributed by atoms with E-state index >= 15 is 0 Å². The fourth-order valence-corrected chi connectivity index (χ4v) is 3.29. The first-order valence-corrected chi connectivity index (χ1v) is 9.31. The maximum atomic E-state index is 12.9. The monoisotopic (exact) mass is 352 g/mol. The maximum Gasteiger partial charge on any atom is 0.253 e. The van der Waals surface area contributed by atoms with Gasteiger partial charge in [0.2, 0.25) is 0 Å². The Balaban J connectivity index is 1.63. The standard InChI is InChI=1S/C22H28N2O2/c1-22(2,26)13-12-17-8-10-19(11-9-17)21(25)24-15-14-23-20(16-24)18-6-4-3-5-7-18/h3-11,20,23,26H,12-16H2,1-2H3/t20-/m0/s1. The van der Waals surface area contributed by atoms with Gasteiger partial charge in [-0.15, -0.1) is 0 Å². The van der Waals surface area contributed by atoms with Crippen LogP contribution in [0, 0.1) is 0 Å². The van der Waals surface area contributed by atoms with Crippen LogP contribution in [0.5, 0.6) is 0 Å². The number of aryl methyl sites for hydroxylation is 1. The first kappa shape index (κ1) is 18.6. The summed E-state index contributed by atoms with van der Waals surface area (Å²) in [6, 6.07) is 18.3. The lowest BCUT2D eigenvalue weighted by molar-refractivity contribution is 0.0697. The quantitative estimate of drug-likeness (QED) is 0.869. The summed E-state index contributed by atoms with van der Waals surface area (Å²) in [6.07, 6.45) is 1.51. The number of carbonyl (C=O) groups excluding carboxylic acids is 1. The molecule has 0 aliphatic carbocycles. The molecule has 0 aromatic heterocycles. The lowest BCUT2D eigenvalue weighted by Gasteiger charge is -2.34. The molecule has 1 aliphatic rings. The van der Waals surface area contributed by atoms with E-state index in [1.165, 1.54) is 5.56 Å². The molecule has 1 saturated heterocycles. The molecule has 1 amide bonds. The van der Waals surface area contributed by atoms with E-state index < -0.39 is 5.60 Å². The van der Waals surface area contributed by atoms with Gasteiger partial charge in [-0.2, -0.15) is 0 Å². The Bertz CT molecular complexity index is 720. The maximum absolute atomic E-state index is 12.9. The first-order chi connectivity index (χ1) is 12.4. The van der Waals surface area contributed by atoms with E-state index in [-0.39, 0.29) is 11.9 Å². The Hall–Kier alpha value is -2.17. The summed E-state index contributed by atoms with van der Waals surface area (Å²) >= 11 is 0. The molecule has 0 bridgehead atoms. The Kier molecular flexibility index (Phi) is 5.74. The van der Waals surface area contributed by atoms with Crippen molar-refractivity contribution in [3.63, 3.8) is 0 Å². The predicted octanol–water partition coefficient (Wildman–Crippen LogP) is 3.18. The number of hydrogen-bond acceptors (Lipinski definition) is 3. The fraction of sp³-hybridized carbons (Fsp3) is 0.409. The molecule has 1 atom stereocenters. The molecule has 3 rings (SSSR count). The van der Waals surface area contributed by atoms with E-state index in [0.29, 0.717) is 13.0 Å². The van der Waals surface area contributed by atoms with Gasteiger partial charge in [-0.05, 0) is 49.9 Å². The van der Waals surface area contributed by atoms with Crippen LogP contribution < -0.4 is 5.32 Å². The van der Waals surface area contributed by atoms with Gasteiger partial charge in [-0.1, -0.05) is 42.5 Å². The smallest absolute Gasteiger partial charge is 0.253 e. The highest BCUT2D eigenvalue weighted by Crippen LogP contribution is 2.19. The van der Waals surface area contributed by atoms with Crippen LogP contribution in [-0.4, -0.2) is 41.1 Å². The molecule has 2 N–H and O–H groups in total. The zero-order chi connectivity index (χ0) is 18.6. The van der Waals surface area contributed by atoms with Crippen LogP contribution in [0.4, 0.5) is 0 Å². The minimum Gasteiger partial charge on any atom is -0.390 e. The van der Waals surface area contributed by atoms with E-state index in [9.17, 15) is 9.90 Å². The van der Waals surface area contributed by atoms with Gasteiger partial charge in [0.05, 0.1) is 5.60 Å². The summed E-state index contributed by atoms with van der Waals surface area (Å²) < 4.78 is 0. The number of amides is 1. The average Bonchev–Trinajstić information content (AvgIpc) is 2.66. The van der Waals surface area contributed by atoms with Crippen molar-refractivity contribution >= 4 is 5.91 Å². The van der Waals surface area contributed by atoms with E-state index in [0.717, 1.165) is 30.6 Å². The number of nitrogens with zero attached hydrogens (tertiary/aromatic N) is 1. The molecule has 4 heteroatoms. The van der Waals surface area contributed by atoms with Gasteiger partial charge in [0.15, 0.2) is 0 Å². The van der Waals surface area contributed by atoms with E-state index in [1.54, 1.807) is 0 Å². The first-order valence-electron chi connectivity index (χ1n) is 9.31. The average molecular weight is 352 g/mol. The molecule has 0 spiro atoms. The van der Waals surface area contributed by atoms with E-state index in [1.807, 2.05) is 61.2 Å². The molecule has 4 nitrogen and oxygen atoms in total. The number of benzene rings is 2. The van der Waals surface area contributed by atoms with Gasteiger partial charge in [-0.25, -0.2) is 0 Å². The number of piperazine rings is 1. The van der Waals surface area contributed by atoms with Crippen molar-refractivity contribution in [1.82, 2.24) is 10.2 Å². The zero-order valence-electron chi connectivity index (χ0n) is 15.6. The Morgan fingerprint density at radius 2 is 1.85 bits per heavy atom. The largest absolute Gasteiger partial charge is 0.390 e. The lowest BCUT2D eigenvalue weighted by atomic mass is 9.98. The Morgan fingerprint density at radius 1 is 1.15 bits per heavy atom. The normalized spacial score (nSPS) is 18.0. The van der Waals surface area contributed by atoms with Crippen LogP contribution in [0.25, 0.3) is 0 Å². The minimum atomic E-state index is -0.665. The summed E-state index contributed by atoms with van der Waals surface area (Å²) in [5.74, 6) is 0.0847. The van der Waals surface area contributed by atoms with Crippen molar-refractivity contribution in [2.75, 3.05) is 19.6 Å². The van der Waals surface area contributed by atoms with Gasteiger partial charge in [0.25, 0.3) is 5.91 Å². The molecule has 26 heavy (non-hydrogen) atoms. The van der Waals surface area contributed by atoms with Gasteiger partial charge >= 0.3 is 0 Å². The summed E-state index contributed by atoms with van der Waals surface area (Å²) in [5, 5.41) is 13.3. The number of carbonyl (C=O) groups is 1.